The molecule has 0 fully saturated rings. The van der Waals surface area contributed by atoms with Crippen LogP contribution in [0.15, 0.2) is 49.1 Å². The first-order valence-electron chi connectivity index (χ1n) is 9.56. The van der Waals surface area contributed by atoms with Gasteiger partial charge in [0.25, 0.3) is 0 Å². The van der Waals surface area contributed by atoms with Gasteiger partial charge >= 0.3 is 0 Å². The summed E-state index contributed by atoms with van der Waals surface area (Å²) < 4.78 is 2.24. The van der Waals surface area contributed by atoms with Gasteiger partial charge in [-0.3, -0.25) is 0 Å². The van der Waals surface area contributed by atoms with Crippen LogP contribution in [0.25, 0.3) is 16.5 Å². The van der Waals surface area contributed by atoms with Crippen molar-refractivity contribution in [3.8, 4) is 5.69 Å². The molecule has 0 amide bonds. The van der Waals surface area contributed by atoms with Crippen molar-refractivity contribution in [1.29, 1.82) is 0 Å². The molecule has 2 aliphatic heterocycles. The first kappa shape index (κ1) is 15.6. The summed E-state index contributed by atoms with van der Waals surface area (Å²) in [6.45, 7) is 4.43. The molecule has 6 heteroatoms. The highest BCUT2D eigenvalue weighted by Crippen LogP contribution is 2.48. The second kappa shape index (κ2) is 5.32. The Bertz CT molecular complexity index is 1260. The van der Waals surface area contributed by atoms with E-state index in [1.807, 2.05) is 6.20 Å². The molecule has 0 saturated heterocycles. The van der Waals surface area contributed by atoms with Crippen LogP contribution < -0.4 is 9.80 Å². The molecule has 2 aromatic heterocycles. The maximum absolute atomic E-state index is 4.70. The Morgan fingerprint density at radius 3 is 2.50 bits per heavy atom. The second-order valence-electron chi connectivity index (χ2n) is 7.55. The Balaban J connectivity index is 1.72. The molecule has 6 nitrogen and oxygen atoms in total. The van der Waals surface area contributed by atoms with Gasteiger partial charge in [-0.1, -0.05) is 24.3 Å². The van der Waals surface area contributed by atoms with Crippen molar-refractivity contribution in [2.45, 2.75) is 26.4 Å². The van der Waals surface area contributed by atoms with Crippen LogP contribution in [0.4, 0.5) is 17.3 Å². The van der Waals surface area contributed by atoms with Crippen LogP contribution in [0.2, 0.25) is 0 Å². The summed E-state index contributed by atoms with van der Waals surface area (Å²) in [6, 6.07) is 8.66. The minimum atomic E-state index is 0.134. The number of anilines is 3. The van der Waals surface area contributed by atoms with Gasteiger partial charge in [0.05, 0.1) is 11.4 Å². The van der Waals surface area contributed by atoms with E-state index in [1.165, 1.54) is 33.3 Å². The van der Waals surface area contributed by atoms with E-state index in [2.05, 4.69) is 75.7 Å². The van der Waals surface area contributed by atoms with Crippen LogP contribution in [-0.4, -0.2) is 32.7 Å². The van der Waals surface area contributed by atoms with Crippen molar-refractivity contribution in [3.63, 3.8) is 0 Å². The Kier molecular flexibility index (Phi) is 2.97. The van der Waals surface area contributed by atoms with Crippen molar-refractivity contribution in [1.82, 2.24) is 19.5 Å². The minimum absolute atomic E-state index is 0.134. The fourth-order valence-electron chi connectivity index (χ4n) is 4.80. The van der Waals surface area contributed by atoms with E-state index in [9.17, 15) is 0 Å². The van der Waals surface area contributed by atoms with Gasteiger partial charge in [-0.2, -0.15) is 0 Å². The van der Waals surface area contributed by atoms with Gasteiger partial charge in [0, 0.05) is 49.2 Å². The second-order valence-corrected chi connectivity index (χ2v) is 7.55. The number of aryl methyl sites for hydroxylation is 1. The lowest BCUT2D eigenvalue weighted by Crippen LogP contribution is -2.36. The van der Waals surface area contributed by atoms with Gasteiger partial charge in [0.1, 0.15) is 12.0 Å². The average molecular weight is 368 g/mol. The summed E-state index contributed by atoms with van der Waals surface area (Å²) in [6.07, 6.45) is 8.46. The molecule has 2 aliphatic rings. The molecule has 0 unspecified atom stereocenters. The standard InChI is InChI=1S/C22H20N6/c1-13-15-6-4-5-7-16(15)20-17(12-18-23-10-11-27(18)20)19(13)28-14(2)26(3)21-22(28)25-9-8-24-21/h4-11,14H,12H2,1-3H3/t14-/m0/s1. The lowest BCUT2D eigenvalue weighted by atomic mass is 9.95. The monoisotopic (exact) mass is 368 g/mol. The van der Waals surface area contributed by atoms with Gasteiger partial charge in [0.15, 0.2) is 11.6 Å². The van der Waals surface area contributed by atoms with Crippen LogP contribution >= 0.6 is 0 Å². The maximum atomic E-state index is 4.70. The summed E-state index contributed by atoms with van der Waals surface area (Å²) in [7, 11) is 2.08. The quantitative estimate of drug-likeness (QED) is 0.448. The molecule has 0 aliphatic carbocycles. The first-order chi connectivity index (χ1) is 13.7. The Hall–Kier alpha value is -3.41. The molecule has 0 radical (unpaired) electrons. The molecule has 138 valence electrons. The highest BCUT2D eigenvalue weighted by atomic mass is 15.5. The topological polar surface area (TPSA) is 50.1 Å². The number of aromatic nitrogens is 4. The van der Waals surface area contributed by atoms with Gasteiger partial charge < -0.3 is 14.4 Å². The Labute approximate surface area is 163 Å². The number of fused-ring (bicyclic) bond motifs is 6. The predicted octanol–water partition coefficient (Wildman–Crippen LogP) is 3.96. The molecular weight excluding hydrogens is 348 g/mol. The van der Waals surface area contributed by atoms with E-state index < -0.39 is 0 Å². The molecule has 2 aromatic carbocycles. The van der Waals surface area contributed by atoms with E-state index in [0.717, 1.165) is 23.9 Å². The minimum Gasteiger partial charge on any atom is -0.336 e. The molecule has 6 rings (SSSR count). The Morgan fingerprint density at radius 1 is 0.929 bits per heavy atom. The zero-order valence-corrected chi connectivity index (χ0v) is 16.1. The molecule has 0 spiro atoms. The van der Waals surface area contributed by atoms with Crippen molar-refractivity contribution in [2.24, 2.45) is 0 Å². The van der Waals surface area contributed by atoms with Crippen molar-refractivity contribution >= 4 is 28.1 Å². The lowest BCUT2D eigenvalue weighted by molar-refractivity contribution is 0.724. The van der Waals surface area contributed by atoms with Crippen molar-refractivity contribution in [3.05, 3.63) is 66.0 Å². The molecule has 0 saturated carbocycles. The summed E-state index contributed by atoms with van der Waals surface area (Å²) in [5.41, 5.74) is 5.07. The molecule has 0 N–H and O–H groups in total. The summed E-state index contributed by atoms with van der Waals surface area (Å²) in [5.74, 6) is 2.93. The molecule has 1 atom stereocenters. The van der Waals surface area contributed by atoms with Gasteiger partial charge in [-0.25, -0.2) is 15.0 Å². The molecule has 28 heavy (non-hydrogen) atoms. The zero-order valence-electron chi connectivity index (χ0n) is 16.1. The van der Waals surface area contributed by atoms with E-state index in [1.54, 1.807) is 12.4 Å². The number of hydrogen-bond donors (Lipinski definition) is 0. The normalized spacial score (nSPS) is 17.2. The van der Waals surface area contributed by atoms with E-state index in [-0.39, 0.29) is 6.17 Å². The molecule has 4 heterocycles. The van der Waals surface area contributed by atoms with E-state index in [4.69, 9.17) is 4.98 Å². The van der Waals surface area contributed by atoms with Crippen LogP contribution in [0.3, 0.4) is 0 Å². The first-order valence-corrected chi connectivity index (χ1v) is 9.56. The third kappa shape index (κ3) is 1.80. The van der Waals surface area contributed by atoms with Gasteiger partial charge in [-0.15, -0.1) is 0 Å². The smallest absolute Gasteiger partial charge is 0.178 e. The molecule has 4 aromatic rings. The predicted molar refractivity (Wildman–Crippen MR) is 111 cm³/mol. The average Bonchev–Trinajstić information content (AvgIpc) is 3.37. The fourth-order valence-corrected chi connectivity index (χ4v) is 4.80. The van der Waals surface area contributed by atoms with Crippen molar-refractivity contribution in [2.75, 3.05) is 16.8 Å². The van der Waals surface area contributed by atoms with Crippen LogP contribution in [0.5, 0.6) is 0 Å². The third-order valence-corrected chi connectivity index (χ3v) is 6.20. The maximum Gasteiger partial charge on any atom is 0.178 e. The molecular formula is C22H20N6. The van der Waals surface area contributed by atoms with Crippen molar-refractivity contribution < 1.29 is 0 Å². The third-order valence-electron chi connectivity index (χ3n) is 6.20. The lowest BCUT2D eigenvalue weighted by Gasteiger charge is -2.30. The Morgan fingerprint density at radius 2 is 1.68 bits per heavy atom. The highest BCUT2D eigenvalue weighted by molar-refractivity contribution is 6.01. The van der Waals surface area contributed by atoms with E-state index >= 15 is 0 Å². The van der Waals surface area contributed by atoms with Crippen LogP contribution in [-0.2, 0) is 6.42 Å². The SMILES string of the molecule is Cc1c(N2c3nccnc3N(C)[C@@H]2C)c2c(c3ccccc13)-n1ccnc1C2. The van der Waals surface area contributed by atoms with Crippen LogP contribution in [0, 0.1) is 6.92 Å². The highest BCUT2D eigenvalue weighted by Gasteiger charge is 2.38. The van der Waals surface area contributed by atoms with Crippen LogP contribution in [0.1, 0.15) is 23.9 Å². The summed E-state index contributed by atoms with van der Waals surface area (Å²) in [4.78, 5) is 18.4. The number of rotatable bonds is 1. The van der Waals surface area contributed by atoms with Gasteiger partial charge in [0.2, 0.25) is 0 Å². The summed E-state index contributed by atoms with van der Waals surface area (Å²) in [5, 5.41) is 2.54. The number of imidazole rings is 1. The number of benzene rings is 2. The zero-order chi connectivity index (χ0) is 19.0. The number of hydrogen-bond acceptors (Lipinski definition) is 5. The number of nitrogens with zero attached hydrogens (tertiary/aromatic N) is 6. The fraction of sp³-hybridized carbons (Fsp3) is 0.227. The molecule has 0 bridgehead atoms. The largest absolute Gasteiger partial charge is 0.336 e. The summed E-state index contributed by atoms with van der Waals surface area (Å²) >= 11 is 0. The van der Waals surface area contributed by atoms with E-state index in [0.29, 0.717) is 0 Å². The van der Waals surface area contributed by atoms with Gasteiger partial charge in [-0.05, 0) is 24.8 Å².